The third-order valence-electron chi connectivity index (χ3n) is 3.82. The lowest BCUT2D eigenvalue weighted by atomic mass is 10.2. The summed E-state index contributed by atoms with van der Waals surface area (Å²) in [6.45, 7) is 5.64. The van der Waals surface area contributed by atoms with Gasteiger partial charge in [0.15, 0.2) is 0 Å². The second-order valence-electron chi connectivity index (χ2n) is 5.88. The zero-order valence-electron chi connectivity index (χ0n) is 14.0. The zero-order valence-corrected chi connectivity index (χ0v) is 14.8. The Morgan fingerprint density at radius 2 is 1.91 bits per heavy atom. The van der Waals surface area contributed by atoms with Gasteiger partial charge in [-0.15, -0.1) is 0 Å². The normalized spacial score (nSPS) is 22.9. The van der Waals surface area contributed by atoms with Crippen LogP contribution in [0.25, 0.3) is 0 Å². The highest BCUT2D eigenvalue weighted by Crippen LogP contribution is 2.17. The van der Waals surface area contributed by atoms with Crippen LogP contribution in [0.1, 0.15) is 19.4 Å². The van der Waals surface area contributed by atoms with Crippen LogP contribution in [0.5, 0.6) is 5.75 Å². The monoisotopic (exact) mass is 342 g/mol. The van der Waals surface area contributed by atoms with Gasteiger partial charge in [-0.1, -0.05) is 18.2 Å². The Balaban J connectivity index is 1.83. The number of methoxy groups -OCH3 is 1. The molecule has 1 saturated heterocycles. The number of nitrogens with one attached hydrogen (secondary N) is 1. The fraction of sp³-hybridized carbons (Fsp3) is 0.625. The van der Waals surface area contributed by atoms with Gasteiger partial charge in [0.1, 0.15) is 5.75 Å². The molecule has 1 N–H and O–H groups in total. The predicted octanol–water partition coefficient (Wildman–Crippen LogP) is 1.22. The molecule has 1 fully saturated rings. The SMILES string of the molecule is COc1ccccc1CNCCS(=O)(=O)N1C[C@@H](C)O[C@@H](C)C1. The number of benzene rings is 1. The van der Waals surface area contributed by atoms with Gasteiger partial charge in [-0.2, -0.15) is 4.31 Å². The molecule has 2 rings (SSSR count). The Bertz CT molecular complexity index is 596. The Kier molecular flexibility index (Phi) is 6.41. The molecular formula is C16H26N2O4S. The molecule has 0 saturated carbocycles. The molecule has 0 spiro atoms. The van der Waals surface area contributed by atoms with Crippen LogP contribution in [0, 0.1) is 0 Å². The van der Waals surface area contributed by atoms with E-state index in [9.17, 15) is 8.42 Å². The van der Waals surface area contributed by atoms with Crippen molar-refractivity contribution < 1.29 is 17.9 Å². The molecule has 0 amide bonds. The lowest BCUT2D eigenvalue weighted by Gasteiger charge is -2.34. The first-order valence-corrected chi connectivity index (χ1v) is 9.49. The van der Waals surface area contributed by atoms with Crippen LogP contribution in [0.15, 0.2) is 24.3 Å². The van der Waals surface area contributed by atoms with Crippen molar-refractivity contribution in [2.75, 3.05) is 32.5 Å². The van der Waals surface area contributed by atoms with E-state index in [-0.39, 0.29) is 18.0 Å². The van der Waals surface area contributed by atoms with Crippen molar-refractivity contribution in [1.82, 2.24) is 9.62 Å². The van der Waals surface area contributed by atoms with Gasteiger partial charge in [0.2, 0.25) is 10.0 Å². The summed E-state index contributed by atoms with van der Waals surface area (Å²) in [6, 6.07) is 7.70. The smallest absolute Gasteiger partial charge is 0.215 e. The highest BCUT2D eigenvalue weighted by Gasteiger charge is 2.30. The van der Waals surface area contributed by atoms with E-state index in [2.05, 4.69) is 5.32 Å². The Labute approximate surface area is 138 Å². The second kappa shape index (κ2) is 8.10. The fourth-order valence-electron chi connectivity index (χ4n) is 2.76. The van der Waals surface area contributed by atoms with E-state index in [1.54, 1.807) is 7.11 Å². The molecular weight excluding hydrogens is 316 g/mol. The maximum Gasteiger partial charge on any atom is 0.215 e. The van der Waals surface area contributed by atoms with Crippen LogP contribution >= 0.6 is 0 Å². The number of morpholine rings is 1. The van der Waals surface area contributed by atoms with Gasteiger partial charge in [0, 0.05) is 31.7 Å². The summed E-state index contributed by atoms with van der Waals surface area (Å²) in [5.74, 6) is 0.889. The number of rotatable bonds is 7. The van der Waals surface area contributed by atoms with E-state index in [0.29, 0.717) is 26.2 Å². The maximum atomic E-state index is 12.4. The first-order valence-electron chi connectivity index (χ1n) is 7.88. The summed E-state index contributed by atoms with van der Waals surface area (Å²) in [5.41, 5.74) is 1.01. The van der Waals surface area contributed by atoms with Crippen LogP contribution < -0.4 is 10.1 Å². The molecule has 1 aliphatic heterocycles. The van der Waals surface area contributed by atoms with Crippen molar-refractivity contribution in [3.63, 3.8) is 0 Å². The van der Waals surface area contributed by atoms with Crippen LogP contribution in [-0.2, 0) is 21.3 Å². The molecule has 0 unspecified atom stereocenters. The number of hydrogen-bond acceptors (Lipinski definition) is 5. The summed E-state index contributed by atoms with van der Waals surface area (Å²) in [4.78, 5) is 0. The highest BCUT2D eigenvalue weighted by atomic mass is 32.2. The van der Waals surface area contributed by atoms with Crippen LogP contribution in [-0.4, -0.2) is 57.4 Å². The van der Waals surface area contributed by atoms with Crippen molar-refractivity contribution in [3.05, 3.63) is 29.8 Å². The molecule has 130 valence electrons. The fourth-order valence-corrected chi connectivity index (χ4v) is 4.29. The van der Waals surface area contributed by atoms with Gasteiger partial charge in [-0.3, -0.25) is 0 Å². The molecule has 2 atom stereocenters. The summed E-state index contributed by atoms with van der Waals surface area (Å²) >= 11 is 0. The summed E-state index contributed by atoms with van der Waals surface area (Å²) < 4.78 is 37.2. The number of nitrogens with zero attached hydrogens (tertiary/aromatic N) is 1. The average molecular weight is 342 g/mol. The lowest BCUT2D eigenvalue weighted by molar-refractivity contribution is -0.0440. The zero-order chi connectivity index (χ0) is 16.9. The van der Waals surface area contributed by atoms with E-state index in [1.807, 2.05) is 38.1 Å². The minimum Gasteiger partial charge on any atom is -0.496 e. The lowest BCUT2D eigenvalue weighted by Crippen LogP contribution is -2.49. The van der Waals surface area contributed by atoms with E-state index in [1.165, 1.54) is 4.31 Å². The van der Waals surface area contributed by atoms with Crippen molar-refractivity contribution in [2.24, 2.45) is 0 Å². The largest absolute Gasteiger partial charge is 0.496 e. The molecule has 1 aromatic carbocycles. The molecule has 1 aliphatic rings. The predicted molar refractivity (Wildman–Crippen MR) is 90.1 cm³/mol. The van der Waals surface area contributed by atoms with Gasteiger partial charge >= 0.3 is 0 Å². The first-order chi connectivity index (χ1) is 10.9. The van der Waals surface area contributed by atoms with Crippen LogP contribution in [0.3, 0.4) is 0 Å². The topological polar surface area (TPSA) is 67.9 Å². The van der Waals surface area contributed by atoms with Crippen molar-refractivity contribution in [2.45, 2.75) is 32.6 Å². The summed E-state index contributed by atoms with van der Waals surface area (Å²) in [6.07, 6.45) is -0.120. The summed E-state index contributed by atoms with van der Waals surface area (Å²) in [5, 5.41) is 3.18. The van der Waals surface area contributed by atoms with Gasteiger partial charge in [-0.05, 0) is 19.9 Å². The molecule has 0 radical (unpaired) electrons. The van der Waals surface area contributed by atoms with E-state index in [0.717, 1.165) is 11.3 Å². The molecule has 1 heterocycles. The highest BCUT2D eigenvalue weighted by molar-refractivity contribution is 7.89. The Morgan fingerprint density at radius 3 is 2.57 bits per heavy atom. The molecule has 0 aromatic heterocycles. The van der Waals surface area contributed by atoms with Gasteiger partial charge < -0.3 is 14.8 Å². The standard InChI is InChI=1S/C16H26N2O4S/c1-13-11-18(12-14(2)22-13)23(19,20)9-8-17-10-15-6-4-5-7-16(15)21-3/h4-7,13-14,17H,8-12H2,1-3H3/t13-,14+. The number of ether oxygens (including phenoxy) is 2. The van der Waals surface area contributed by atoms with Gasteiger partial charge in [0.25, 0.3) is 0 Å². The van der Waals surface area contributed by atoms with Crippen molar-refractivity contribution in [3.8, 4) is 5.75 Å². The third-order valence-corrected chi connectivity index (χ3v) is 5.63. The third kappa shape index (κ3) is 5.17. The average Bonchev–Trinajstić information content (AvgIpc) is 2.51. The number of hydrogen-bond donors (Lipinski definition) is 1. The second-order valence-corrected chi connectivity index (χ2v) is 7.97. The Morgan fingerprint density at radius 1 is 1.26 bits per heavy atom. The Hall–Kier alpha value is -1.15. The molecule has 1 aromatic rings. The van der Waals surface area contributed by atoms with Gasteiger partial charge in [0.05, 0.1) is 25.1 Å². The van der Waals surface area contributed by atoms with E-state index >= 15 is 0 Å². The summed E-state index contributed by atoms with van der Waals surface area (Å²) in [7, 11) is -1.63. The van der Waals surface area contributed by atoms with E-state index in [4.69, 9.17) is 9.47 Å². The van der Waals surface area contributed by atoms with Gasteiger partial charge in [-0.25, -0.2) is 8.42 Å². The minimum atomic E-state index is -3.26. The number of sulfonamides is 1. The van der Waals surface area contributed by atoms with Crippen LogP contribution in [0.4, 0.5) is 0 Å². The molecule has 0 bridgehead atoms. The molecule has 7 heteroatoms. The maximum absolute atomic E-state index is 12.4. The molecule has 6 nitrogen and oxygen atoms in total. The van der Waals surface area contributed by atoms with E-state index < -0.39 is 10.0 Å². The first kappa shape index (κ1) is 18.2. The minimum absolute atomic E-state index is 0.0601. The van der Waals surface area contributed by atoms with Crippen molar-refractivity contribution >= 4 is 10.0 Å². The number of para-hydroxylation sites is 1. The molecule has 23 heavy (non-hydrogen) atoms. The van der Waals surface area contributed by atoms with Crippen LogP contribution in [0.2, 0.25) is 0 Å². The van der Waals surface area contributed by atoms with Crippen molar-refractivity contribution in [1.29, 1.82) is 0 Å². The quantitative estimate of drug-likeness (QED) is 0.755. The molecule has 0 aliphatic carbocycles.